The quantitative estimate of drug-likeness (QED) is 0.534. The van der Waals surface area contributed by atoms with Crippen LogP contribution in [0.1, 0.15) is 6.92 Å². The van der Waals surface area contributed by atoms with Gasteiger partial charge in [-0.25, -0.2) is 0 Å². The third kappa shape index (κ3) is 0.962. The minimum Gasteiger partial charge on any atom is -0.315 e. The van der Waals surface area contributed by atoms with Gasteiger partial charge in [-0.2, -0.15) is 10.2 Å². The third-order valence-corrected chi connectivity index (χ3v) is 0.953. The van der Waals surface area contributed by atoms with E-state index in [9.17, 15) is 0 Å². The average molecular weight is 99.1 g/mol. The Morgan fingerprint density at radius 1 is 1.57 bits per heavy atom. The lowest BCUT2D eigenvalue weighted by Gasteiger charge is -1.97. The first-order chi connectivity index (χ1) is 3.27. The number of nitrogens with zero attached hydrogens (tertiary/aromatic N) is 2. The second-order valence-corrected chi connectivity index (χ2v) is 1.95. The van der Waals surface area contributed by atoms with Gasteiger partial charge in [0, 0.05) is 6.54 Å². The summed E-state index contributed by atoms with van der Waals surface area (Å²) in [5.74, 6) is 0. The van der Waals surface area contributed by atoms with Crippen LogP contribution in [0.25, 0.3) is 0 Å². The third-order valence-electron chi connectivity index (χ3n) is 0.953. The van der Waals surface area contributed by atoms with E-state index in [2.05, 4.69) is 15.5 Å². The monoisotopic (exact) mass is 99.1 g/mol. The van der Waals surface area contributed by atoms with Gasteiger partial charge in [0.05, 0.1) is 0 Å². The Morgan fingerprint density at radius 2 is 2.14 bits per heavy atom. The molecule has 0 amide bonds. The normalized spacial score (nSPS) is 22.6. The Hall–Kier alpha value is -0.440. The summed E-state index contributed by atoms with van der Waals surface area (Å²) in [4.78, 5) is 0. The molecule has 0 aromatic carbocycles. The van der Waals surface area contributed by atoms with E-state index in [1.807, 2.05) is 14.0 Å². The maximum absolute atomic E-state index is 3.79. The first kappa shape index (κ1) is 4.71. The lowest BCUT2D eigenvalue weighted by molar-refractivity contribution is 0.607. The Morgan fingerprint density at radius 3 is 2.29 bits per heavy atom. The minimum atomic E-state index is -0.0608. The summed E-state index contributed by atoms with van der Waals surface area (Å²) in [6.07, 6.45) is 0. The van der Waals surface area contributed by atoms with Crippen LogP contribution >= 0.6 is 0 Å². The highest BCUT2D eigenvalue weighted by Gasteiger charge is 2.32. The molecule has 0 atom stereocenters. The van der Waals surface area contributed by atoms with E-state index in [1.165, 1.54) is 0 Å². The van der Waals surface area contributed by atoms with Crippen LogP contribution in [-0.4, -0.2) is 19.3 Å². The second kappa shape index (κ2) is 1.26. The van der Waals surface area contributed by atoms with E-state index in [0.717, 1.165) is 6.54 Å². The molecule has 0 aliphatic carbocycles. The zero-order valence-electron chi connectivity index (χ0n) is 4.60. The van der Waals surface area contributed by atoms with Crippen molar-refractivity contribution in [2.75, 3.05) is 13.6 Å². The topological polar surface area (TPSA) is 36.8 Å². The van der Waals surface area contributed by atoms with Gasteiger partial charge in [-0.3, -0.25) is 0 Å². The zero-order chi connectivity index (χ0) is 5.33. The molecule has 0 bridgehead atoms. The average Bonchev–Trinajstić information content (AvgIpc) is 2.22. The summed E-state index contributed by atoms with van der Waals surface area (Å²) in [5, 5.41) is 10.6. The van der Waals surface area contributed by atoms with Crippen LogP contribution in [0, 0.1) is 0 Å². The molecule has 0 aromatic heterocycles. The van der Waals surface area contributed by atoms with Crippen molar-refractivity contribution in [3.05, 3.63) is 0 Å². The summed E-state index contributed by atoms with van der Waals surface area (Å²) in [6.45, 7) is 2.86. The Balaban J connectivity index is 2.16. The molecule has 0 spiro atoms. The van der Waals surface area contributed by atoms with Gasteiger partial charge >= 0.3 is 0 Å². The molecule has 3 nitrogen and oxygen atoms in total. The summed E-state index contributed by atoms with van der Waals surface area (Å²) >= 11 is 0. The standard InChI is InChI=1S/C4H9N3/c1-4(3-5-2)6-7-4/h5H,3H2,1-2H3. The predicted molar refractivity (Wildman–Crippen MR) is 27.2 cm³/mol. The van der Waals surface area contributed by atoms with Crippen molar-refractivity contribution < 1.29 is 0 Å². The van der Waals surface area contributed by atoms with Crippen molar-refractivity contribution in [3.8, 4) is 0 Å². The van der Waals surface area contributed by atoms with Gasteiger partial charge in [0.25, 0.3) is 0 Å². The fourth-order valence-electron chi connectivity index (χ4n) is 0.491. The van der Waals surface area contributed by atoms with Gasteiger partial charge < -0.3 is 5.32 Å². The SMILES string of the molecule is CNCC1(C)N=N1. The summed E-state index contributed by atoms with van der Waals surface area (Å²) in [6, 6.07) is 0. The van der Waals surface area contributed by atoms with Gasteiger partial charge in [0.2, 0.25) is 0 Å². The van der Waals surface area contributed by atoms with Crippen molar-refractivity contribution in [1.82, 2.24) is 5.32 Å². The molecule has 1 heterocycles. The van der Waals surface area contributed by atoms with E-state index in [0.29, 0.717) is 0 Å². The van der Waals surface area contributed by atoms with Gasteiger partial charge in [0.1, 0.15) is 0 Å². The zero-order valence-corrected chi connectivity index (χ0v) is 4.60. The van der Waals surface area contributed by atoms with Crippen LogP contribution < -0.4 is 5.32 Å². The van der Waals surface area contributed by atoms with Crippen molar-refractivity contribution in [2.45, 2.75) is 12.6 Å². The molecular weight excluding hydrogens is 90.1 g/mol. The highest BCUT2D eigenvalue weighted by molar-refractivity contribution is 4.89. The molecule has 0 radical (unpaired) electrons. The van der Waals surface area contributed by atoms with Crippen molar-refractivity contribution in [1.29, 1.82) is 0 Å². The Kier molecular flexibility index (Phi) is 0.852. The largest absolute Gasteiger partial charge is 0.315 e. The summed E-state index contributed by atoms with van der Waals surface area (Å²) in [7, 11) is 1.90. The minimum absolute atomic E-state index is 0.0608. The van der Waals surface area contributed by atoms with Crippen LogP contribution in [0.15, 0.2) is 10.2 Å². The van der Waals surface area contributed by atoms with Gasteiger partial charge in [-0.1, -0.05) is 0 Å². The van der Waals surface area contributed by atoms with E-state index in [4.69, 9.17) is 0 Å². The number of likely N-dealkylation sites (N-methyl/N-ethyl adjacent to an activating group) is 1. The fourth-order valence-corrected chi connectivity index (χ4v) is 0.491. The Bertz CT molecular complexity index is 91.1. The molecule has 0 aromatic rings. The Labute approximate surface area is 42.8 Å². The summed E-state index contributed by atoms with van der Waals surface area (Å²) in [5.41, 5.74) is -0.0608. The van der Waals surface area contributed by atoms with E-state index in [1.54, 1.807) is 0 Å². The van der Waals surface area contributed by atoms with Gasteiger partial charge in [0.15, 0.2) is 5.66 Å². The molecule has 0 saturated carbocycles. The number of hydrogen-bond acceptors (Lipinski definition) is 3. The molecule has 1 aliphatic rings. The molecule has 0 saturated heterocycles. The molecule has 1 rings (SSSR count). The van der Waals surface area contributed by atoms with Crippen molar-refractivity contribution in [3.63, 3.8) is 0 Å². The highest BCUT2D eigenvalue weighted by atomic mass is 15.4. The summed E-state index contributed by atoms with van der Waals surface area (Å²) < 4.78 is 0. The molecule has 1 aliphatic heterocycles. The maximum Gasteiger partial charge on any atom is 0.200 e. The van der Waals surface area contributed by atoms with Crippen molar-refractivity contribution in [2.24, 2.45) is 10.2 Å². The molecule has 7 heavy (non-hydrogen) atoms. The number of nitrogens with one attached hydrogen (secondary N) is 1. The highest BCUT2D eigenvalue weighted by Crippen LogP contribution is 2.24. The van der Waals surface area contributed by atoms with Crippen molar-refractivity contribution >= 4 is 0 Å². The lowest BCUT2D eigenvalue weighted by Crippen LogP contribution is -2.23. The van der Waals surface area contributed by atoms with Crippen LogP contribution in [0.2, 0.25) is 0 Å². The molecule has 1 N–H and O–H groups in total. The first-order valence-corrected chi connectivity index (χ1v) is 2.35. The molecule has 0 unspecified atom stereocenters. The maximum atomic E-state index is 3.79. The first-order valence-electron chi connectivity index (χ1n) is 2.35. The van der Waals surface area contributed by atoms with Crippen LogP contribution in [0.4, 0.5) is 0 Å². The van der Waals surface area contributed by atoms with E-state index in [-0.39, 0.29) is 5.66 Å². The molecule has 3 heteroatoms. The van der Waals surface area contributed by atoms with Crippen LogP contribution in [0.3, 0.4) is 0 Å². The predicted octanol–water partition coefficient (Wildman–Crippen LogP) is 0.388. The van der Waals surface area contributed by atoms with Crippen LogP contribution in [-0.2, 0) is 0 Å². The van der Waals surface area contributed by atoms with Crippen LogP contribution in [0.5, 0.6) is 0 Å². The molecule has 40 valence electrons. The van der Waals surface area contributed by atoms with Gasteiger partial charge in [-0.15, -0.1) is 0 Å². The molecule has 0 fully saturated rings. The number of rotatable bonds is 2. The van der Waals surface area contributed by atoms with E-state index >= 15 is 0 Å². The van der Waals surface area contributed by atoms with Gasteiger partial charge in [-0.05, 0) is 14.0 Å². The smallest absolute Gasteiger partial charge is 0.200 e. The molecular formula is C4H9N3. The van der Waals surface area contributed by atoms with E-state index < -0.39 is 0 Å². The fraction of sp³-hybridized carbons (Fsp3) is 1.00. The second-order valence-electron chi connectivity index (χ2n) is 1.95. The lowest BCUT2D eigenvalue weighted by atomic mass is 10.3. The number of hydrogen-bond donors (Lipinski definition) is 1.